The highest BCUT2D eigenvalue weighted by molar-refractivity contribution is 6.08. The molecule has 0 unspecified atom stereocenters. The third-order valence-electron chi connectivity index (χ3n) is 3.35. The largest absolute Gasteiger partial charge is 0.497 e. The van der Waals surface area contributed by atoms with Crippen molar-refractivity contribution in [3.05, 3.63) is 35.9 Å². The average molecular weight is 404 g/mol. The van der Waals surface area contributed by atoms with Crippen LogP contribution in [0.25, 0.3) is 6.08 Å². The molecule has 1 rings (SSSR count). The second-order valence-corrected chi connectivity index (χ2v) is 5.25. The van der Waals surface area contributed by atoms with Crippen LogP contribution in [0.15, 0.2) is 30.3 Å². The van der Waals surface area contributed by atoms with Crippen molar-refractivity contribution in [2.75, 3.05) is 7.11 Å². The van der Waals surface area contributed by atoms with Gasteiger partial charge in [-0.25, -0.2) is 8.78 Å². The molecule has 0 N–H and O–H groups in total. The van der Waals surface area contributed by atoms with E-state index in [4.69, 9.17) is 4.74 Å². The van der Waals surface area contributed by atoms with E-state index >= 15 is 0 Å². The molecule has 0 saturated carbocycles. The first kappa shape index (κ1) is 22.6. The summed E-state index contributed by atoms with van der Waals surface area (Å²) in [7, 11) is 1.38. The summed E-state index contributed by atoms with van der Waals surface area (Å²) < 4.78 is 107. The number of alkyl halides is 8. The van der Waals surface area contributed by atoms with Crippen molar-refractivity contribution in [2.45, 2.75) is 30.6 Å². The Bertz CT molecular complexity index is 711. The summed E-state index contributed by atoms with van der Waals surface area (Å²) in [5.74, 6) is -23.2. The summed E-state index contributed by atoms with van der Waals surface area (Å²) in [5, 5.41) is 0. The molecule has 150 valence electrons. The Morgan fingerprint density at radius 2 is 1.56 bits per heavy atom. The van der Waals surface area contributed by atoms with Crippen molar-refractivity contribution in [3.63, 3.8) is 0 Å². The Morgan fingerprint density at radius 1 is 1.04 bits per heavy atom. The van der Waals surface area contributed by atoms with E-state index in [-0.39, 0.29) is 0 Å². The van der Waals surface area contributed by atoms with Gasteiger partial charge < -0.3 is 4.74 Å². The number of Topliss-reactive ketones (excluding diaryl/α,β-unsaturated/α-hetero) is 1. The summed E-state index contributed by atoms with van der Waals surface area (Å²) >= 11 is 0. The molecular formula is C16H12F8O3. The summed E-state index contributed by atoms with van der Waals surface area (Å²) in [6.45, 7) is 0. The minimum Gasteiger partial charge on any atom is -0.497 e. The number of ether oxygens (including phenoxy) is 1. The number of hydrogen-bond donors (Lipinski definition) is 0. The molecule has 0 aromatic heterocycles. The predicted octanol–water partition coefficient (Wildman–Crippen LogP) is 4.41. The third kappa shape index (κ3) is 4.64. The third-order valence-corrected chi connectivity index (χ3v) is 3.35. The lowest BCUT2D eigenvalue weighted by Crippen LogP contribution is -2.60. The highest BCUT2D eigenvalue weighted by Crippen LogP contribution is 2.49. The highest BCUT2D eigenvalue weighted by Gasteiger charge is 2.77. The molecule has 0 heterocycles. The van der Waals surface area contributed by atoms with E-state index in [1.807, 2.05) is 0 Å². The Labute approximate surface area is 147 Å². The zero-order valence-corrected chi connectivity index (χ0v) is 13.5. The van der Waals surface area contributed by atoms with Crippen LogP contribution < -0.4 is 4.74 Å². The quantitative estimate of drug-likeness (QED) is 0.348. The van der Waals surface area contributed by atoms with Crippen LogP contribution in [-0.2, 0) is 9.59 Å². The monoisotopic (exact) mass is 404 g/mol. The molecule has 0 amide bonds. The van der Waals surface area contributed by atoms with Crippen molar-refractivity contribution in [3.8, 4) is 5.75 Å². The fourth-order valence-electron chi connectivity index (χ4n) is 1.75. The van der Waals surface area contributed by atoms with Crippen LogP contribution in [0, 0.1) is 0 Å². The van der Waals surface area contributed by atoms with Crippen molar-refractivity contribution in [1.29, 1.82) is 0 Å². The number of rotatable bonds is 9. The lowest BCUT2D eigenvalue weighted by atomic mass is 9.97. The van der Waals surface area contributed by atoms with Crippen LogP contribution in [-0.4, -0.2) is 42.9 Å². The number of carbonyl (C=O) groups is 2. The minimum atomic E-state index is -6.68. The highest BCUT2D eigenvalue weighted by atomic mass is 19.4. The first-order valence-electron chi connectivity index (χ1n) is 7.07. The summed E-state index contributed by atoms with van der Waals surface area (Å²) in [5.41, 5.74) is 0.345. The molecule has 1 aromatic carbocycles. The number of benzene rings is 1. The average Bonchev–Trinajstić information content (AvgIpc) is 2.59. The smallest absolute Gasteiger partial charge is 0.385 e. The maximum Gasteiger partial charge on any atom is 0.385 e. The zero-order valence-electron chi connectivity index (χ0n) is 13.5. The summed E-state index contributed by atoms with van der Waals surface area (Å²) in [6.07, 6.45) is -5.40. The van der Waals surface area contributed by atoms with Gasteiger partial charge in [0.2, 0.25) is 5.78 Å². The molecule has 0 bridgehead atoms. The van der Waals surface area contributed by atoms with E-state index in [1.165, 1.54) is 31.4 Å². The molecule has 27 heavy (non-hydrogen) atoms. The van der Waals surface area contributed by atoms with Gasteiger partial charge in [-0.3, -0.25) is 9.59 Å². The first-order valence-corrected chi connectivity index (χ1v) is 7.07. The van der Waals surface area contributed by atoms with Gasteiger partial charge >= 0.3 is 24.2 Å². The van der Waals surface area contributed by atoms with E-state index in [2.05, 4.69) is 0 Å². The summed E-state index contributed by atoms with van der Waals surface area (Å²) in [6, 6.07) is 5.79. The molecular weight excluding hydrogens is 392 g/mol. The molecule has 0 spiro atoms. The molecule has 0 aliphatic heterocycles. The van der Waals surface area contributed by atoms with Gasteiger partial charge in [0.05, 0.1) is 13.5 Å². The fraction of sp³-hybridized carbons (Fsp3) is 0.375. The lowest BCUT2D eigenvalue weighted by molar-refractivity contribution is -0.327. The molecule has 1 aromatic rings. The Hall–Kier alpha value is -2.46. The molecule has 0 radical (unpaired) electrons. The first-order chi connectivity index (χ1) is 12.3. The molecule has 3 nitrogen and oxygen atoms in total. The minimum absolute atomic E-state index is 0.345. The standard InChI is InChI=1S/C16H12F8O3/c1-27-11-6-3-9(4-7-11)2-5-10(25)8-12(26)14(19,20)16(23,24)15(21,22)13(17)18/h2-7,13H,8H2,1H3. The number of halogens is 8. The van der Waals surface area contributed by atoms with Crippen LogP contribution in [0.4, 0.5) is 35.1 Å². The number of ketones is 2. The molecule has 0 aliphatic rings. The van der Waals surface area contributed by atoms with Gasteiger partial charge in [0, 0.05) is 0 Å². The van der Waals surface area contributed by atoms with Crippen LogP contribution in [0.1, 0.15) is 12.0 Å². The van der Waals surface area contributed by atoms with Crippen molar-refractivity contribution >= 4 is 17.6 Å². The van der Waals surface area contributed by atoms with Crippen LogP contribution in [0.3, 0.4) is 0 Å². The number of hydrogen-bond acceptors (Lipinski definition) is 3. The SMILES string of the molecule is COc1ccc(C=CC(=O)CC(=O)C(F)(F)C(F)(F)C(F)(F)C(F)F)cc1. The molecule has 0 saturated heterocycles. The topological polar surface area (TPSA) is 43.4 Å². The Morgan fingerprint density at radius 3 is 2.00 bits per heavy atom. The number of carbonyl (C=O) groups excluding carboxylic acids is 2. The van der Waals surface area contributed by atoms with Gasteiger partial charge in [-0.05, 0) is 23.8 Å². The van der Waals surface area contributed by atoms with Gasteiger partial charge in [-0.1, -0.05) is 18.2 Å². The van der Waals surface area contributed by atoms with Crippen molar-refractivity contribution in [1.82, 2.24) is 0 Å². The zero-order chi connectivity index (χ0) is 21.0. The van der Waals surface area contributed by atoms with E-state index in [0.717, 1.165) is 6.08 Å². The molecule has 0 fully saturated rings. The van der Waals surface area contributed by atoms with E-state index in [0.29, 0.717) is 17.4 Å². The van der Waals surface area contributed by atoms with Crippen LogP contribution in [0.5, 0.6) is 5.75 Å². The predicted molar refractivity (Wildman–Crippen MR) is 77.5 cm³/mol. The molecule has 0 aliphatic carbocycles. The van der Waals surface area contributed by atoms with Gasteiger partial charge in [0.25, 0.3) is 0 Å². The van der Waals surface area contributed by atoms with Crippen LogP contribution >= 0.6 is 0 Å². The maximum absolute atomic E-state index is 13.4. The van der Waals surface area contributed by atoms with E-state index in [9.17, 15) is 44.7 Å². The number of methoxy groups -OCH3 is 1. The van der Waals surface area contributed by atoms with E-state index < -0.39 is 42.2 Å². The normalized spacial score (nSPS) is 13.3. The number of allylic oxidation sites excluding steroid dienone is 1. The second-order valence-electron chi connectivity index (χ2n) is 5.25. The van der Waals surface area contributed by atoms with Crippen LogP contribution in [0.2, 0.25) is 0 Å². The van der Waals surface area contributed by atoms with Gasteiger partial charge in [0.15, 0.2) is 5.78 Å². The molecule has 11 heteroatoms. The molecule has 0 atom stereocenters. The summed E-state index contributed by atoms with van der Waals surface area (Å²) in [4.78, 5) is 22.7. The van der Waals surface area contributed by atoms with Gasteiger partial charge in [-0.2, -0.15) is 26.3 Å². The second kappa shape index (κ2) is 8.05. The maximum atomic E-state index is 13.4. The fourth-order valence-corrected chi connectivity index (χ4v) is 1.75. The van der Waals surface area contributed by atoms with Crippen molar-refractivity contribution in [2.24, 2.45) is 0 Å². The Balaban J connectivity index is 2.89. The Kier molecular flexibility index (Phi) is 6.73. The van der Waals surface area contributed by atoms with Gasteiger partial charge in [0.1, 0.15) is 5.75 Å². The lowest BCUT2D eigenvalue weighted by Gasteiger charge is -2.31. The van der Waals surface area contributed by atoms with Gasteiger partial charge in [-0.15, -0.1) is 0 Å². The van der Waals surface area contributed by atoms with Crippen molar-refractivity contribution < 1.29 is 49.4 Å². The van der Waals surface area contributed by atoms with E-state index in [1.54, 1.807) is 0 Å².